The molecule has 0 aliphatic carbocycles. The van der Waals surface area contributed by atoms with E-state index in [1.54, 1.807) is 22.9 Å². The molecule has 1 heterocycles. The molecule has 19 heavy (non-hydrogen) atoms. The zero-order chi connectivity index (χ0) is 13.7. The summed E-state index contributed by atoms with van der Waals surface area (Å²) >= 11 is 0. The van der Waals surface area contributed by atoms with Crippen molar-refractivity contribution in [1.82, 2.24) is 4.98 Å². The Morgan fingerprint density at radius 2 is 2.00 bits per heavy atom. The monoisotopic (exact) mass is 257 g/mol. The van der Waals surface area contributed by atoms with Crippen molar-refractivity contribution in [3.05, 3.63) is 60.2 Å². The van der Waals surface area contributed by atoms with Gasteiger partial charge in [0, 0.05) is 5.56 Å². The predicted molar refractivity (Wildman–Crippen MR) is 66.5 cm³/mol. The molecule has 0 radical (unpaired) electrons. The van der Waals surface area contributed by atoms with E-state index in [0.29, 0.717) is 5.56 Å². The van der Waals surface area contributed by atoms with E-state index in [-0.39, 0.29) is 18.0 Å². The lowest BCUT2D eigenvalue weighted by atomic mass is 10.1. The summed E-state index contributed by atoms with van der Waals surface area (Å²) in [5, 5.41) is 0. The summed E-state index contributed by atoms with van der Waals surface area (Å²) in [6.07, 6.45) is 4.59. The van der Waals surface area contributed by atoms with Crippen molar-refractivity contribution >= 4 is 11.8 Å². The number of aromatic nitrogens is 2. The molecule has 0 N–H and O–H groups in total. The van der Waals surface area contributed by atoms with E-state index >= 15 is 0 Å². The van der Waals surface area contributed by atoms with E-state index in [1.807, 2.05) is 18.2 Å². The summed E-state index contributed by atoms with van der Waals surface area (Å²) in [5.41, 5.74) is 0.803. The van der Waals surface area contributed by atoms with E-state index in [0.717, 1.165) is 0 Å². The zero-order valence-corrected chi connectivity index (χ0v) is 10.4. The fraction of sp³-hybridized carbons (Fsp3) is 0.143. The fourth-order valence-electron chi connectivity index (χ4n) is 1.62. The van der Waals surface area contributed by atoms with Crippen LogP contribution in [-0.4, -0.2) is 23.8 Å². The molecule has 0 atom stereocenters. The van der Waals surface area contributed by atoms with Crippen molar-refractivity contribution < 1.29 is 18.9 Å². The number of benzene rings is 1. The van der Waals surface area contributed by atoms with Crippen LogP contribution in [0.15, 0.2) is 48.9 Å². The smallest absolute Gasteiger partial charge is 0.362 e. The first kappa shape index (κ1) is 12.9. The molecule has 0 unspecified atom stereocenters. The zero-order valence-electron chi connectivity index (χ0n) is 10.4. The number of carbonyl (C=O) groups is 2. The minimum atomic E-state index is -0.526. The first-order chi connectivity index (χ1) is 9.20. The Balaban J connectivity index is 2.16. The molecule has 0 spiro atoms. The summed E-state index contributed by atoms with van der Waals surface area (Å²) in [6, 6.07) is 8.98. The number of esters is 1. The number of Topliss-reactive ketones (excluding diaryl/α,β-unsaturated/α-hetero) is 1. The lowest BCUT2D eigenvalue weighted by Crippen LogP contribution is -2.38. The molecule has 0 fully saturated rings. The third-order valence-corrected chi connectivity index (χ3v) is 2.58. The maximum absolute atomic E-state index is 12.0. The van der Waals surface area contributed by atoms with Gasteiger partial charge in [0.2, 0.25) is 24.2 Å². The Morgan fingerprint density at radius 3 is 2.68 bits per heavy atom. The highest BCUT2D eigenvalue weighted by Crippen LogP contribution is 2.00. The van der Waals surface area contributed by atoms with Crippen molar-refractivity contribution in [1.29, 1.82) is 0 Å². The molecule has 2 aromatic rings. The van der Waals surface area contributed by atoms with E-state index in [9.17, 15) is 9.59 Å². The van der Waals surface area contributed by atoms with Gasteiger partial charge in [0.05, 0.1) is 13.3 Å². The van der Waals surface area contributed by atoms with Gasteiger partial charge in [-0.05, 0) is 0 Å². The molecule has 0 aliphatic rings. The van der Waals surface area contributed by atoms with Crippen molar-refractivity contribution in [2.24, 2.45) is 0 Å². The number of nitrogens with zero attached hydrogens (tertiary/aromatic N) is 2. The van der Waals surface area contributed by atoms with Crippen LogP contribution < -0.4 is 4.57 Å². The third-order valence-electron chi connectivity index (χ3n) is 2.58. The molecule has 0 saturated carbocycles. The molecule has 0 bridgehead atoms. The lowest BCUT2D eigenvalue weighted by Gasteiger charge is -1.99. The first-order valence-corrected chi connectivity index (χ1v) is 5.72. The van der Waals surface area contributed by atoms with Gasteiger partial charge >= 0.3 is 5.97 Å². The second-order valence-electron chi connectivity index (χ2n) is 3.89. The molecule has 5 heteroatoms. The minimum absolute atomic E-state index is 0.0346. The summed E-state index contributed by atoms with van der Waals surface area (Å²) in [7, 11) is 1.29. The van der Waals surface area contributed by atoms with Crippen molar-refractivity contribution in [3.8, 4) is 0 Å². The number of rotatable bonds is 4. The number of carbonyl (C=O) groups excluding carboxylic acids is 2. The Bertz CT molecular complexity index is 597. The van der Waals surface area contributed by atoms with Crippen LogP contribution in [0.1, 0.15) is 20.8 Å². The SMILES string of the molecule is COC(=O)c1c[n+](CC(=O)c2ccccc2)ccn1. The predicted octanol–water partition coefficient (Wildman–Crippen LogP) is 1.04. The van der Waals surface area contributed by atoms with Gasteiger partial charge in [-0.1, -0.05) is 30.3 Å². The number of ether oxygens (including phenoxy) is 1. The lowest BCUT2D eigenvalue weighted by molar-refractivity contribution is -0.683. The summed E-state index contributed by atoms with van der Waals surface area (Å²) < 4.78 is 6.19. The molecule has 0 amide bonds. The van der Waals surface area contributed by atoms with Gasteiger partial charge in [0.1, 0.15) is 0 Å². The van der Waals surface area contributed by atoms with Gasteiger partial charge in [-0.2, -0.15) is 4.57 Å². The first-order valence-electron chi connectivity index (χ1n) is 5.72. The van der Waals surface area contributed by atoms with Crippen LogP contribution in [0, 0.1) is 0 Å². The Labute approximate surface area is 110 Å². The molecule has 1 aromatic carbocycles. The molecular weight excluding hydrogens is 244 g/mol. The van der Waals surface area contributed by atoms with E-state index in [4.69, 9.17) is 0 Å². The number of hydrogen-bond donors (Lipinski definition) is 0. The maximum Gasteiger partial charge on any atom is 0.362 e. The summed E-state index contributed by atoms with van der Waals surface area (Å²) in [6.45, 7) is 0.149. The Hall–Kier alpha value is -2.56. The molecule has 2 rings (SSSR count). The standard InChI is InChI=1S/C14H13N2O3/c1-19-14(18)12-9-16(8-7-15-12)10-13(17)11-5-3-2-4-6-11/h2-9H,10H2,1H3/q+1. The second kappa shape index (κ2) is 5.86. The quantitative estimate of drug-likeness (QED) is 0.466. The van der Waals surface area contributed by atoms with Crippen LogP contribution in [-0.2, 0) is 11.3 Å². The van der Waals surface area contributed by atoms with E-state index < -0.39 is 5.97 Å². The average Bonchev–Trinajstić information content (AvgIpc) is 2.47. The third kappa shape index (κ3) is 3.22. The van der Waals surface area contributed by atoms with Gasteiger partial charge in [0.25, 0.3) is 0 Å². The van der Waals surface area contributed by atoms with Crippen molar-refractivity contribution in [3.63, 3.8) is 0 Å². The van der Waals surface area contributed by atoms with Gasteiger partial charge in [-0.3, -0.25) is 4.79 Å². The Morgan fingerprint density at radius 1 is 1.26 bits per heavy atom. The number of hydrogen-bond acceptors (Lipinski definition) is 4. The van der Waals surface area contributed by atoms with Crippen LogP contribution in [0.5, 0.6) is 0 Å². The highest BCUT2D eigenvalue weighted by Gasteiger charge is 2.16. The molecule has 96 valence electrons. The summed E-state index contributed by atoms with van der Waals surface area (Å²) in [5.74, 6) is -0.561. The van der Waals surface area contributed by atoms with E-state index in [1.165, 1.54) is 19.5 Å². The van der Waals surface area contributed by atoms with Gasteiger partial charge in [0.15, 0.2) is 6.20 Å². The minimum Gasteiger partial charge on any atom is -0.464 e. The molecular formula is C14H13N2O3+. The molecule has 0 saturated heterocycles. The number of ketones is 1. The highest BCUT2D eigenvalue weighted by atomic mass is 16.5. The molecule has 0 aliphatic heterocycles. The van der Waals surface area contributed by atoms with Crippen LogP contribution in [0.2, 0.25) is 0 Å². The normalized spacial score (nSPS) is 9.95. The van der Waals surface area contributed by atoms with Crippen molar-refractivity contribution in [2.45, 2.75) is 6.54 Å². The molecule has 5 nitrogen and oxygen atoms in total. The van der Waals surface area contributed by atoms with Gasteiger partial charge in [-0.25, -0.2) is 9.78 Å². The van der Waals surface area contributed by atoms with Crippen LogP contribution >= 0.6 is 0 Å². The second-order valence-corrected chi connectivity index (χ2v) is 3.89. The van der Waals surface area contributed by atoms with Crippen LogP contribution in [0.25, 0.3) is 0 Å². The summed E-state index contributed by atoms with van der Waals surface area (Å²) in [4.78, 5) is 27.2. The van der Waals surface area contributed by atoms with E-state index in [2.05, 4.69) is 9.72 Å². The largest absolute Gasteiger partial charge is 0.464 e. The van der Waals surface area contributed by atoms with Crippen LogP contribution in [0.3, 0.4) is 0 Å². The molecule has 1 aromatic heterocycles. The average molecular weight is 257 g/mol. The topological polar surface area (TPSA) is 60.1 Å². The fourth-order valence-corrected chi connectivity index (χ4v) is 1.62. The number of methoxy groups -OCH3 is 1. The van der Waals surface area contributed by atoms with Gasteiger partial charge < -0.3 is 4.74 Å². The maximum atomic E-state index is 12.0. The van der Waals surface area contributed by atoms with Crippen LogP contribution in [0.4, 0.5) is 0 Å². The highest BCUT2D eigenvalue weighted by molar-refractivity contribution is 5.95. The van der Waals surface area contributed by atoms with Crippen molar-refractivity contribution in [2.75, 3.05) is 7.11 Å². The van der Waals surface area contributed by atoms with Gasteiger partial charge in [-0.15, -0.1) is 0 Å². The Kier molecular flexibility index (Phi) is 3.97.